The Hall–Kier alpha value is -2.56. The van der Waals surface area contributed by atoms with E-state index in [1.54, 1.807) is 32.1 Å². The lowest BCUT2D eigenvalue weighted by Gasteiger charge is -2.30. The highest BCUT2D eigenvalue weighted by atomic mass is 16.6. The lowest BCUT2D eigenvalue weighted by atomic mass is 9.96. The first-order valence-corrected chi connectivity index (χ1v) is 7.90. The molecule has 0 N–H and O–H groups in total. The van der Waals surface area contributed by atoms with Gasteiger partial charge in [0.25, 0.3) is 0 Å². The van der Waals surface area contributed by atoms with E-state index in [4.69, 9.17) is 13.9 Å². The van der Waals surface area contributed by atoms with Gasteiger partial charge in [0.2, 0.25) is 0 Å². The molecule has 3 rings (SSSR count). The Balaban J connectivity index is 1.86. The van der Waals surface area contributed by atoms with Crippen LogP contribution in [-0.2, 0) is 16.0 Å². The van der Waals surface area contributed by atoms with Gasteiger partial charge in [0.1, 0.15) is 23.0 Å². The molecular formula is C19H20O5. The molecule has 2 heterocycles. The average molecular weight is 328 g/mol. The zero-order chi connectivity index (χ0) is 17.5. The molecule has 5 heteroatoms. The van der Waals surface area contributed by atoms with Crippen molar-refractivity contribution in [3.05, 3.63) is 51.9 Å². The Morgan fingerprint density at radius 1 is 1.33 bits per heavy atom. The summed E-state index contributed by atoms with van der Waals surface area (Å²) in [6.07, 6.45) is 2.04. The van der Waals surface area contributed by atoms with E-state index in [1.807, 2.05) is 19.9 Å². The molecule has 0 amide bonds. The van der Waals surface area contributed by atoms with E-state index in [0.717, 1.165) is 10.9 Å². The van der Waals surface area contributed by atoms with Crippen LogP contribution in [0.3, 0.4) is 0 Å². The number of carbonyl (C=O) groups excluding carboxylic acids is 1. The van der Waals surface area contributed by atoms with E-state index in [2.05, 4.69) is 0 Å². The normalized spacial score (nSPS) is 17.5. The quantitative estimate of drug-likeness (QED) is 0.491. The van der Waals surface area contributed by atoms with Gasteiger partial charge in [-0.2, -0.15) is 0 Å². The molecular weight excluding hydrogens is 308 g/mol. The lowest BCUT2D eigenvalue weighted by Crippen LogP contribution is -2.43. The maximum absolute atomic E-state index is 12.1. The van der Waals surface area contributed by atoms with Crippen LogP contribution in [0, 0.1) is 0 Å². The highest BCUT2D eigenvalue weighted by Gasteiger charge is 2.40. The molecule has 0 unspecified atom stereocenters. The summed E-state index contributed by atoms with van der Waals surface area (Å²) in [7, 11) is 0. The minimum absolute atomic E-state index is 0.301. The van der Waals surface area contributed by atoms with Crippen molar-refractivity contribution >= 4 is 16.9 Å². The second-order valence-electron chi connectivity index (χ2n) is 6.53. The Morgan fingerprint density at radius 2 is 2.08 bits per heavy atom. The standard InChI is InChI=1S/C19H20O5/c1-5-11(2)18(21)24-19(3,4)16-9-13-8-12-6-7-17(20)23-14(12)10-15(13)22-16/h5-8,10,16H,9H2,1-4H3/b11-5-/t16-/m1/s1. The van der Waals surface area contributed by atoms with Crippen LogP contribution in [0.5, 0.6) is 5.75 Å². The summed E-state index contributed by atoms with van der Waals surface area (Å²) in [4.78, 5) is 23.4. The summed E-state index contributed by atoms with van der Waals surface area (Å²) in [5.41, 5.74) is 0.877. The summed E-state index contributed by atoms with van der Waals surface area (Å²) in [6, 6.07) is 6.80. The number of hydrogen-bond donors (Lipinski definition) is 0. The average Bonchev–Trinajstić information content (AvgIpc) is 2.95. The second kappa shape index (κ2) is 5.82. The van der Waals surface area contributed by atoms with Crippen LogP contribution in [-0.4, -0.2) is 17.7 Å². The van der Waals surface area contributed by atoms with Crippen LogP contribution in [0.15, 0.2) is 45.1 Å². The summed E-state index contributed by atoms with van der Waals surface area (Å²) in [6.45, 7) is 7.19. The van der Waals surface area contributed by atoms with Gasteiger partial charge in [0.05, 0.1) is 0 Å². The Bertz CT molecular complexity index is 888. The maximum atomic E-state index is 12.1. The van der Waals surface area contributed by atoms with E-state index >= 15 is 0 Å². The van der Waals surface area contributed by atoms with Gasteiger partial charge >= 0.3 is 11.6 Å². The van der Waals surface area contributed by atoms with Crippen molar-refractivity contribution in [2.45, 2.75) is 45.8 Å². The number of fused-ring (bicyclic) bond motifs is 2. The van der Waals surface area contributed by atoms with E-state index < -0.39 is 11.2 Å². The number of carbonyl (C=O) groups is 1. The topological polar surface area (TPSA) is 65.7 Å². The Kier molecular flexibility index (Phi) is 3.95. The molecule has 2 aromatic rings. The molecule has 1 atom stereocenters. The fourth-order valence-electron chi connectivity index (χ4n) is 2.70. The highest BCUT2D eigenvalue weighted by molar-refractivity contribution is 5.88. The zero-order valence-electron chi connectivity index (χ0n) is 14.2. The SMILES string of the molecule is C/C=C(/C)C(=O)OC(C)(C)[C@H]1Cc2cc3ccc(=O)oc3cc2O1. The van der Waals surface area contributed by atoms with Crippen molar-refractivity contribution in [3.8, 4) is 5.75 Å². The zero-order valence-corrected chi connectivity index (χ0v) is 14.2. The summed E-state index contributed by atoms with van der Waals surface area (Å²) in [5.74, 6) is 0.312. The van der Waals surface area contributed by atoms with E-state index in [0.29, 0.717) is 23.3 Å². The van der Waals surface area contributed by atoms with Crippen molar-refractivity contribution < 1.29 is 18.7 Å². The fraction of sp³-hybridized carbons (Fsp3) is 0.368. The van der Waals surface area contributed by atoms with Gasteiger partial charge in [0.15, 0.2) is 0 Å². The number of ether oxygens (including phenoxy) is 2. The van der Waals surface area contributed by atoms with Gasteiger partial charge in [-0.25, -0.2) is 9.59 Å². The largest absolute Gasteiger partial charge is 0.485 e. The first-order valence-electron chi connectivity index (χ1n) is 7.90. The lowest BCUT2D eigenvalue weighted by molar-refractivity contribution is -0.159. The summed E-state index contributed by atoms with van der Waals surface area (Å²) >= 11 is 0. The predicted octanol–water partition coefficient (Wildman–Crippen LogP) is 3.38. The Labute approximate surface area is 139 Å². The van der Waals surface area contributed by atoms with E-state index in [1.165, 1.54) is 6.07 Å². The minimum Gasteiger partial charge on any atom is -0.485 e. The van der Waals surface area contributed by atoms with Crippen molar-refractivity contribution in [2.24, 2.45) is 0 Å². The molecule has 126 valence electrons. The third kappa shape index (κ3) is 2.94. The Morgan fingerprint density at radius 3 is 2.79 bits per heavy atom. The van der Waals surface area contributed by atoms with Gasteiger partial charge in [0, 0.05) is 29.5 Å². The molecule has 0 bridgehead atoms. The van der Waals surface area contributed by atoms with Crippen LogP contribution in [0.25, 0.3) is 11.0 Å². The van der Waals surface area contributed by atoms with E-state index in [-0.39, 0.29) is 12.1 Å². The molecule has 1 aliphatic rings. The molecule has 1 aromatic heterocycles. The van der Waals surface area contributed by atoms with Crippen LogP contribution in [0.1, 0.15) is 33.3 Å². The number of esters is 1. The minimum atomic E-state index is -0.784. The van der Waals surface area contributed by atoms with Crippen molar-refractivity contribution in [2.75, 3.05) is 0 Å². The number of benzene rings is 1. The van der Waals surface area contributed by atoms with Gasteiger partial charge in [-0.3, -0.25) is 0 Å². The van der Waals surface area contributed by atoms with Gasteiger partial charge in [-0.1, -0.05) is 6.08 Å². The van der Waals surface area contributed by atoms with Crippen LogP contribution in [0.2, 0.25) is 0 Å². The van der Waals surface area contributed by atoms with Crippen LogP contribution < -0.4 is 10.4 Å². The van der Waals surface area contributed by atoms with Crippen molar-refractivity contribution in [1.82, 2.24) is 0 Å². The molecule has 1 aliphatic heterocycles. The highest BCUT2D eigenvalue weighted by Crippen LogP contribution is 2.37. The number of rotatable bonds is 3. The van der Waals surface area contributed by atoms with Crippen LogP contribution in [0.4, 0.5) is 0 Å². The second-order valence-corrected chi connectivity index (χ2v) is 6.53. The van der Waals surface area contributed by atoms with E-state index in [9.17, 15) is 9.59 Å². The number of allylic oxidation sites excluding steroid dienone is 1. The molecule has 0 saturated heterocycles. The third-order valence-electron chi connectivity index (χ3n) is 4.36. The first kappa shape index (κ1) is 16.3. The first-order chi connectivity index (χ1) is 11.3. The molecule has 0 radical (unpaired) electrons. The maximum Gasteiger partial charge on any atom is 0.336 e. The third-order valence-corrected chi connectivity index (χ3v) is 4.36. The summed E-state index contributed by atoms with van der Waals surface area (Å²) < 4.78 is 16.8. The molecule has 1 aromatic carbocycles. The smallest absolute Gasteiger partial charge is 0.336 e. The molecule has 0 saturated carbocycles. The molecule has 24 heavy (non-hydrogen) atoms. The molecule has 0 spiro atoms. The van der Waals surface area contributed by atoms with Gasteiger partial charge < -0.3 is 13.9 Å². The van der Waals surface area contributed by atoms with Crippen molar-refractivity contribution in [3.63, 3.8) is 0 Å². The molecule has 0 fully saturated rings. The van der Waals surface area contributed by atoms with Crippen molar-refractivity contribution in [1.29, 1.82) is 0 Å². The van der Waals surface area contributed by atoms with Crippen LogP contribution >= 0.6 is 0 Å². The predicted molar refractivity (Wildman–Crippen MR) is 90.2 cm³/mol. The van der Waals surface area contributed by atoms with Gasteiger partial charge in [-0.15, -0.1) is 0 Å². The fourth-order valence-corrected chi connectivity index (χ4v) is 2.70. The monoisotopic (exact) mass is 328 g/mol. The van der Waals surface area contributed by atoms with Gasteiger partial charge in [-0.05, 0) is 45.4 Å². The number of hydrogen-bond acceptors (Lipinski definition) is 5. The summed E-state index contributed by atoms with van der Waals surface area (Å²) in [5, 5.41) is 0.845. The molecule has 5 nitrogen and oxygen atoms in total. The molecule has 0 aliphatic carbocycles.